The summed E-state index contributed by atoms with van der Waals surface area (Å²) in [6, 6.07) is 8.34. The van der Waals surface area contributed by atoms with E-state index in [1.807, 2.05) is 0 Å². The molecular formula is C14H14N3NiO3+3. The van der Waals surface area contributed by atoms with Gasteiger partial charge in [0, 0.05) is 18.0 Å². The number of hydrogen-bond donors (Lipinski definition) is 1. The number of nitrogens with zero attached hydrogens (tertiary/aromatic N) is 2. The fourth-order valence-corrected chi connectivity index (χ4v) is 1.55. The Hall–Kier alpha value is -2.40. The summed E-state index contributed by atoms with van der Waals surface area (Å²) >= 11 is 0. The average Bonchev–Trinajstić information content (AvgIpc) is 2.49. The van der Waals surface area contributed by atoms with Crippen LogP contribution in [0.4, 0.5) is 0 Å². The Morgan fingerprint density at radius 3 is 2.71 bits per heavy atom. The zero-order valence-corrected chi connectivity index (χ0v) is 12.1. The predicted octanol–water partition coefficient (Wildman–Crippen LogP) is 1.29. The molecule has 0 aliphatic rings. The SMILES string of the molecule is COc1cccc(C=NNC(=O)c2ccncc2)c1[OH2+].[Ni+2]. The maximum absolute atomic E-state index is 11.7. The first-order valence-electron chi connectivity index (χ1n) is 5.84. The second-order valence-electron chi connectivity index (χ2n) is 3.86. The molecule has 0 fully saturated rings. The molecule has 110 valence electrons. The molecule has 0 spiro atoms. The van der Waals surface area contributed by atoms with E-state index in [0.29, 0.717) is 16.9 Å². The molecule has 7 heteroatoms. The molecular weight excluding hydrogens is 317 g/mol. The molecule has 0 saturated heterocycles. The van der Waals surface area contributed by atoms with Gasteiger partial charge in [0.1, 0.15) is 0 Å². The van der Waals surface area contributed by atoms with E-state index in [4.69, 9.17) is 9.84 Å². The van der Waals surface area contributed by atoms with Gasteiger partial charge in [0.25, 0.3) is 5.91 Å². The summed E-state index contributed by atoms with van der Waals surface area (Å²) in [4.78, 5) is 15.5. The number of pyridine rings is 1. The summed E-state index contributed by atoms with van der Waals surface area (Å²) in [5.74, 6) is 0.337. The number of ether oxygens (including phenoxy) is 1. The topological polar surface area (TPSA) is 86.5 Å². The fourth-order valence-electron chi connectivity index (χ4n) is 1.55. The van der Waals surface area contributed by atoms with E-state index in [2.05, 4.69) is 15.5 Å². The quantitative estimate of drug-likeness (QED) is 0.396. The maximum atomic E-state index is 11.7. The van der Waals surface area contributed by atoms with Crippen LogP contribution in [-0.2, 0) is 16.5 Å². The van der Waals surface area contributed by atoms with Gasteiger partial charge < -0.3 is 9.84 Å². The van der Waals surface area contributed by atoms with Crippen LogP contribution in [0.25, 0.3) is 0 Å². The third kappa shape index (κ3) is 4.29. The molecule has 0 unspecified atom stereocenters. The van der Waals surface area contributed by atoms with Gasteiger partial charge in [-0.1, -0.05) is 6.07 Å². The number of hydrazone groups is 1. The van der Waals surface area contributed by atoms with Crippen molar-refractivity contribution in [3.05, 3.63) is 53.9 Å². The van der Waals surface area contributed by atoms with Crippen molar-refractivity contribution in [3.63, 3.8) is 0 Å². The van der Waals surface area contributed by atoms with Gasteiger partial charge in [-0.3, -0.25) is 9.78 Å². The maximum Gasteiger partial charge on any atom is 2.00 e. The first-order valence-corrected chi connectivity index (χ1v) is 5.84. The minimum Gasteiger partial charge on any atom is -0.590 e. The van der Waals surface area contributed by atoms with Crippen molar-refractivity contribution in [2.24, 2.45) is 5.10 Å². The average molecular weight is 331 g/mol. The number of aromatic nitrogens is 1. The first-order chi connectivity index (χ1) is 9.72. The van der Waals surface area contributed by atoms with Gasteiger partial charge in [0.05, 0.1) is 18.9 Å². The van der Waals surface area contributed by atoms with Crippen LogP contribution in [-0.4, -0.2) is 29.3 Å². The number of rotatable bonds is 4. The standard InChI is InChI=1S/C14H13N3O3.Ni/c1-20-12-4-2-3-11(13(12)18)9-16-17-14(19)10-5-7-15-8-6-10;/h2-9,18H,1H3,(H,17,19);/q;+2/p+1. The Labute approximate surface area is 131 Å². The second kappa shape index (κ2) is 8.02. The van der Waals surface area contributed by atoms with Crippen LogP contribution in [0.15, 0.2) is 47.8 Å². The van der Waals surface area contributed by atoms with Crippen LogP contribution < -0.4 is 10.2 Å². The van der Waals surface area contributed by atoms with E-state index in [0.717, 1.165) is 0 Å². The van der Waals surface area contributed by atoms with Crippen LogP contribution in [0.2, 0.25) is 0 Å². The van der Waals surface area contributed by atoms with Crippen molar-refractivity contribution in [3.8, 4) is 11.5 Å². The largest absolute Gasteiger partial charge is 2.00 e. The molecule has 1 aromatic carbocycles. The van der Waals surface area contributed by atoms with Crippen LogP contribution in [0, 0.1) is 0 Å². The normalized spacial score (nSPS) is 9.95. The summed E-state index contributed by atoms with van der Waals surface area (Å²) in [6.45, 7) is 0. The van der Waals surface area contributed by atoms with Gasteiger partial charge in [0.2, 0.25) is 5.75 Å². The van der Waals surface area contributed by atoms with E-state index < -0.39 is 0 Å². The summed E-state index contributed by atoms with van der Waals surface area (Å²) in [6.07, 6.45) is 4.47. The molecule has 1 aromatic heterocycles. The summed E-state index contributed by atoms with van der Waals surface area (Å²) in [5.41, 5.74) is 3.41. The Bertz CT molecular complexity index is 633. The zero-order valence-electron chi connectivity index (χ0n) is 11.1. The van der Waals surface area contributed by atoms with E-state index in [1.54, 1.807) is 30.3 Å². The molecule has 0 radical (unpaired) electrons. The molecule has 0 saturated carbocycles. The molecule has 0 aliphatic carbocycles. The van der Waals surface area contributed by atoms with Crippen LogP contribution >= 0.6 is 0 Å². The molecule has 1 heterocycles. The Morgan fingerprint density at radius 1 is 1.33 bits per heavy atom. The number of carbonyl (C=O) groups is 1. The van der Waals surface area contributed by atoms with E-state index in [9.17, 15) is 4.79 Å². The molecule has 0 aliphatic heterocycles. The molecule has 6 nitrogen and oxygen atoms in total. The van der Waals surface area contributed by atoms with Crippen molar-refractivity contribution in [1.29, 1.82) is 0 Å². The number of para-hydroxylation sites is 1. The van der Waals surface area contributed by atoms with Crippen molar-refractivity contribution >= 4 is 12.1 Å². The van der Waals surface area contributed by atoms with Crippen LogP contribution in [0.5, 0.6) is 11.5 Å². The first kappa shape index (κ1) is 16.7. The van der Waals surface area contributed by atoms with Crippen LogP contribution in [0.3, 0.4) is 0 Å². The third-order valence-electron chi connectivity index (χ3n) is 2.59. The van der Waals surface area contributed by atoms with Crippen molar-refractivity contribution in [2.45, 2.75) is 0 Å². The van der Waals surface area contributed by atoms with Gasteiger partial charge >= 0.3 is 22.2 Å². The van der Waals surface area contributed by atoms with Crippen molar-refractivity contribution < 1.29 is 31.1 Å². The summed E-state index contributed by atoms with van der Waals surface area (Å²) in [7, 11) is 1.50. The zero-order chi connectivity index (χ0) is 14.4. The third-order valence-corrected chi connectivity index (χ3v) is 2.59. The van der Waals surface area contributed by atoms with Gasteiger partial charge in [0.15, 0.2) is 0 Å². The Morgan fingerprint density at radius 2 is 2.05 bits per heavy atom. The molecule has 21 heavy (non-hydrogen) atoms. The molecule has 0 atom stereocenters. The molecule has 2 rings (SSSR count). The van der Waals surface area contributed by atoms with Gasteiger partial charge in [-0.2, -0.15) is 5.10 Å². The van der Waals surface area contributed by atoms with Gasteiger partial charge in [-0.15, -0.1) is 0 Å². The molecule has 3 N–H and O–H groups in total. The second-order valence-corrected chi connectivity index (χ2v) is 3.86. The molecule has 2 aromatic rings. The number of hydrogen-bond acceptors (Lipinski definition) is 4. The van der Waals surface area contributed by atoms with Crippen molar-refractivity contribution in [1.82, 2.24) is 10.4 Å². The Balaban J connectivity index is 0.00000220. The Kier molecular flexibility index (Phi) is 6.36. The van der Waals surface area contributed by atoms with Gasteiger partial charge in [-0.05, 0) is 24.3 Å². The van der Waals surface area contributed by atoms with E-state index >= 15 is 0 Å². The van der Waals surface area contributed by atoms with Gasteiger partial charge in [-0.25, -0.2) is 5.43 Å². The summed E-state index contributed by atoms with van der Waals surface area (Å²) < 4.78 is 5.04. The molecule has 0 bridgehead atoms. The smallest absolute Gasteiger partial charge is 0.590 e. The number of carbonyl (C=O) groups excluding carboxylic acids is 1. The monoisotopic (exact) mass is 330 g/mol. The van der Waals surface area contributed by atoms with E-state index in [-0.39, 0.29) is 28.1 Å². The minimum absolute atomic E-state index is 0. The number of nitrogens with one attached hydrogen (secondary N) is 1. The van der Waals surface area contributed by atoms with Crippen LogP contribution in [0.1, 0.15) is 15.9 Å². The molecule has 1 amide bonds. The fraction of sp³-hybridized carbons (Fsp3) is 0.0714. The van der Waals surface area contributed by atoms with E-state index in [1.165, 1.54) is 25.7 Å². The van der Waals surface area contributed by atoms with Crippen molar-refractivity contribution in [2.75, 3.05) is 7.11 Å². The summed E-state index contributed by atoms with van der Waals surface area (Å²) in [5, 5.41) is 11.7. The number of benzene rings is 1. The number of amides is 1. The number of methoxy groups -OCH3 is 1. The predicted molar refractivity (Wildman–Crippen MR) is 75.4 cm³/mol. The minimum atomic E-state index is -0.335.